The van der Waals surface area contributed by atoms with Crippen LogP contribution in [0.3, 0.4) is 0 Å². The van der Waals surface area contributed by atoms with E-state index in [0.29, 0.717) is 36.2 Å². The zero-order valence-corrected chi connectivity index (χ0v) is 17.6. The second-order valence-electron chi connectivity index (χ2n) is 6.99. The van der Waals surface area contributed by atoms with Gasteiger partial charge in [-0.3, -0.25) is 14.5 Å². The molecular weight excluding hydrogens is 425 g/mol. The zero-order valence-electron chi connectivity index (χ0n) is 16.0. The number of amides is 2. The molecule has 2 aromatic carbocycles. The molecule has 1 heterocycles. The molecule has 0 unspecified atom stereocenters. The van der Waals surface area contributed by atoms with Gasteiger partial charge in [0, 0.05) is 36.3 Å². The molecule has 1 fully saturated rings. The van der Waals surface area contributed by atoms with E-state index >= 15 is 0 Å². The molecule has 0 radical (unpaired) electrons. The second-order valence-corrected chi connectivity index (χ2v) is 7.84. The van der Waals surface area contributed by atoms with E-state index in [-0.39, 0.29) is 18.4 Å². The minimum absolute atomic E-state index is 0.0682. The van der Waals surface area contributed by atoms with Crippen molar-refractivity contribution in [1.29, 1.82) is 0 Å². The maximum atomic E-state index is 13.5. The van der Waals surface area contributed by atoms with Gasteiger partial charge in [0.2, 0.25) is 5.91 Å². The van der Waals surface area contributed by atoms with Crippen molar-refractivity contribution in [3.05, 3.63) is 63.4 Å². The molecule has 2 aromatic rings. The summed E-state index contributed by atoms with van der Waals surface area (Å²) >= 11 is 3.31. The molecule has 0 bridgehead atoms. The van der Waals surface area contributed by atoms with Crippen LogP contribution in [0.25, 0.3) is 0 Å². The Labute approximate surface area is 172 Å². The normalized spacial score (nSPS) is 14.8. The van der Waals surface area contributed by atoms with Crippen LogP contribution in [0.15, 0.2) is 40.9 Å². The average molecular weight is 448 g/mol. The summed E-state index contributed by atoms with van der Waals surface area (Å²) < 4.78 is 14.0. The first kappa shape index (κ1) is 20.5. The Bertz CT molecular complexity index is 895. The van der Waals surface area contributed by atoms with E-state index in [9.17, 15) is 14.0 Å². The number of hydrogen-bond donors (Lipinski definition) is 1. The highest BCUT2D eigenvalue weighted by Gasteiger charge is 2.25. The van der Waals surface area contributed by atoms with Gasteiger partial charge in [-0.2, -0.15) is 0 Å². The number of nitrogens with one attached hydrogen (secondary N) is 1. The summed E-state index contributed by atoms with van der Waals surface area (Å²) in [4.78, 5) is 28.7. The summed E-state index contributed by atoms with van der Waals surface area (Å²) in [5, 5.41) is 2.96. The van der Waals surface area contributed by atoms with E-state index in [1.165, 1.54) is 18.2 Å². The molecular formula is C21H23BrFN3O2. The van der Waals surface area contributed by atoms with Crippen molar-refractivity contribution < 1.29 is 14.0 Å². The van der Waals surface area contributed by atoms with Gasteiger partial charge in [-0.15, -0.1) is 0 Å². The quantitative estimate of drug-likeness (QED) is 0.778. The van der Waals surface area contributed by atoms with E-state index in [4.69, 9.17) is 0 Å². The summed E-state index contributed by atoms with van der Waals surface area (Å²) in [6.07, 6.45) is 0. The Morgan fingerprint density at radius 1 is 1.11 bits per heavy atom. The third kappa shape index (κ3) is 4.77. The Morgan fingerprint density at radius 2 is 1.82 bits per heavy atom. The first-order chi connectivity index (χ1) is 13.3. The van der Waals surface area contributed by atoms with Gasteiger partial charge in [-0.05, 0) is 65.2 Å². The molecule has 7 heteroatoms. The molecule has 3 rings (SSSR count). The number of hydrogen-bond acceptors (Lipinski definition) is 3. The molecule has 1 aliphatic heterocycles. The number of carbonyl (C=O) groups excluding carboxylic acids is 2. The molecule has 1 N–H and O–H groups in total. The lowest BCUT2D eigenvalue weighted by molar-refractivity contribution is -0.117. The van der Waals surface area contributed by atoms with Crippen LogP contribution < -0.4 is 5.32 Å². The van der Waals surface area contributed by atoms with Crippen molar-refractivity contribution in [2.45, 2.75) is 13.8 Å². The van der Waals surface area contributed by atoms with Crippen LogP contribution in [-0.2, 0) is 4.79 Å². The Kier molecular flexibility index (Phi) is 6.46. The molecule has 0 atom stereocenters. The van der Waals surface area contributed by atoms with Crippen molar-refractivity contribution in [2.75, 3.05) is 38.0 Å². The summed E-state index contributed by atoms with van der Waals surface area (Å²) in [7, 11) is 0. The summed E-state index contributed by atoms with van der Waals surface area (Å²) in [5.41, 5.74) is 3.34. The van der Waals surface area contributed by atoms with Crippen molar-refractivity contribution in [1.82, 2.24) is 9.80 Å². The third-order valence-corrected chi connectivity index (χ3v) is 5.76. The molecule has 2 amide bonds. The minimum atomic E-state index is -0.437. The maximum Gasteiger partial charge on any atom is 0.255 e. The predicted octanol–water partition coefficient (Wildman–Crippen LogP) is 3.60. The van der Waals surface area contributed by atoms with Crippen LogP contribution in [-0.4, -0.2) is 54.3 Å². The number of rotatable bonds is 4. The number of anilines is 1. The number of aryl methyl sites for hydroxylation is 1. The van der Waals surface area contributed by atoms with Crippen LogP contribution in [0, 0.1) is 19.7 Å². The molecule has 1 saturated heterocycles. The van der Waals surface area contributed by atoms with Gasteiger partial charge in [0.25, 0.3) is 5.91 Å². The first-order valence-corrected chi connectivity index (χ1v) is 9.97. The molecule has 0 aliphatic carbocycles. The highest BCUT2D eigenvalue weighted by Crippen LogP contribution is 2.21. The molecule has 28 heavy (non-hydrogen) atoms. The monoisotopic (exact) mass is 447 g/mol. The zero-order chi connectivity index (χ0) is 20.3. The predicted molar refractivity (Wildman–Crippen MR) is 111 cm³/mol. The molecule has 1 aliphatic rings. The number of nitrogens with zero attached hydrogens (tertiary/aromatic N) is 2. The van der Waals surface area contributed by atoms with Gasteiger partial charge in [0.1, 0.15) is 5.82 Å². The highest BCUT2D eigenvalue weighted by molar-refractivity contribution is 9.10. The van der Waals surface area contributed by atoms with Gasteiger partial charge in [0.05, 0.1) is 12.1 Å². The van der Waals surface area contributed by atoms with Gasteiger partial charge in [0.15, 0.2) is 0 Å². The first-order valence-electron chi connectivity index (χ1n) is 9.18. The molecule has 148 valence electrons. The highest BCUT2D eigenvalue weighted by atomic mass is 79.9. The van der Waals surface area contributed by atoms with E-state index in [0.717, 1.165) is 16.8 Å². The number of carbonyl (C=O) groups is 2. The Hall–Kier alpha value is -2.25. The van der Waals surface area contributed by atoms with Crippen LogP contribution in [0.5, 0.6) is 0 Å². The summed E-state index contributed by atoms with van der Waals surface area (Å²) in [6.45, 7) is 6.46. The smallest absolute Gasteiger partial charge is 0.255 e. The van der Waals surface area contributed by atoms with Gasteiger partial charge >= 0.3 is 0 Å². The lowest BCUT2D eigenvalue weighted by Crippen LogP contribution is -2.50. The summed E-state index contributed by atoms with van der Waals surface area (Å²) in [5.74, 6) is -0.708. The van der Waals surface area contributed by atoms with Crippen LogP contribution in [0.4, 0.5) is 10.1 Å². The largest absolute Gasteiger partial charge is 0.336 e. The summed E-state index contributed by atoms with van der Waals surface area (Å²) in [6, 6.07) is 9.93. The van der Waals surface area contributed by atoms with Crippen LogP contribution >= 0.6 is 15.9 Å². The van der Waals surface area contributed by atoms with Gasteiger partial charge < -0.3 is 10.2 Å². The number of benzene rings is 2. The van der Waals surface area contributed by atoms with Gasteiger partial charge in [-0.25, -0.2) is 4.39 Å². The molecule has 5 nitrogen and oxygen atoms in total. The standard InChI is InChI=1S/C21H23BrFN3O2/c1-14-4-3-5-19(15(14)2)24-20(27)13-25-8-10-26(11-9-25)21(28)17-12-16(23)6-7-18(17)22/h3-7,12H,8-11,13H2,1-2H3,(H,24,27). The topological polar surface area (TPSA) is 52.7 Å². The lowest BCUT2D eigenvalue weighted by Gasteiger charge is -2.34. The number of piperazine rings is 1. The maximum absolute atomic E-state index is 13.5. The van der Waals surface area contributed by atoms with Gasteiger partial charge in [-0.1, -0.05) is 12.1 Å². The molecule has 0 saturated carbocycles. The van der Waals surface area contributed by atoms with Crippen LogP contribution in [0.1, 0.15) is 21.5 Å². The number of halogens is 2. The molecule has 0 aromatic heterocycles. The van der Waals surface area contributed by atoms with E-state index < -0.39 is 5.82 Å². The Balaban J connectivity index is 1.54. The molecule has 0 spiro atoms. The van der Waals surface area contributed by atoms with Crippen molar-refractivity contribution in [3.8, 4) is 0 Å². The van der Waals surface area contributed by atoms with E-state index in [2.05, 4.69) is 21.2 Å². The van der Waals surface area contributed by atoms with E-state index in [1.54, 1.807) is 4.90 Å². The average Bonchev–Trinajstić information content (AvgIpc) is 2.67. The van der Waals surface area contributed by atoms with Crippen LogP contribution in [0.2, 0.25) is 0 Å². The minimum Gasteiger partial charge on any atom is -0.336 e. The van der Waals surface area contributed by atoms with E-state index in [1.807, 2.05) is 36.9 Å². The fourth-order valence-corrected chi connectivity index (χ4v) is 3.64. The third-order valence-electron chi connectivity index (χ3n) is 5.06. The van der Waals surface area contributed by atoms with Crippen molar-refractivity contribution in [3.63, 3.8) is 0 Å². The van der Waals surface area contributed by atoms with Crippen molar-refractivity contribution >= 4 is 33.4 Å². The lowest BCUT2D eigenvalue weighted by atomic mass is 10.1. The fourth-order valence-electron chi connectivity index (χ4n) is 3.22. The van der Waals surface area contributed by atoms with Crippen molar-refractivity contribution in [2.24, 2.45) is 0 Å². The Morgan fingerprint density at radius 3 is 2.54 bits per heavy atom. The SMILES string of the molecule is Cc1cccc(NC(=O)CN2CCN(C(=O)c3cc(F)ccc3Br)CC2)c1C. The second kappa shape index (κ2) is 8.84. The fraction of sp³-hybridized carbons (Fsp3) is 0.333.